The van der Waals surface area contributed by atoms with Crippen molar-refractivity contribution in [2.24, 2.45) is 0 Å². The van der Waals surface area contributed by atoms with Gasteiger partial charge in [0.15, 0.2) is 5.78 Å². The zero-order valence-electron chi connectivity index (χ0n) is 13.1. The van der Waals surface area contributed by atoms with Crippen LogP contribution in [0.3, 0.4) is 0 Å². The van der Waals surface area contributed by atoms with Crippen LogP contribution < -0.4 is 0 Å². The second kappa shape index (κ2) is 6.50. The highest BCUT2D eigenvalue weighted by Gasteiger charge is 2.35. The predicted molar refractivity (Wildman–Crippen MR) is 85.2 cm³/mol. The molecule has 1 saturated heterocycles. The largest absolute Gasteiger partial charge is 0.437 e. The molecule has 1 heterocycles. The molecular formula is C14H21BN2O4S. The smallest absolute Gasteiger partial charge is 0.376 e. The number of sulfonamides is 1. The SMILES string of the molecule is CB(O)N1CCN(S(=O)(=O)c2ccc(C(C)=O)cc2)[C@H](C)C1. The number of benzene rings is 1. The summed E-state index contributed by atoms with van der Waals surface area (Å²) in [6.45, 7) is 6.27. The lowest BCUT2D eigenvalue weighted by Gasteiger charge is -2.39. The molecule has 0 unspecified atom stereocenters. The minimum atomic E-state index is -3.59. The zero-order valence-corrected chi connectivity index (χ0v) is 13.9. The monoisotopic (exact) mass is 324 g/mol. The molecule has 1 aromatic rings. The lowest BCUT2D eigenvalue weighted by Crippen LogP contribution is -2.57. The van der Waals surface area contributed by atoms with Crippen LogP contribution in [-0.2, 0) is 10.0 Å². The van der Waals surface area contributed by atoms with E-state index in [0.29, 0.717) is 25.2 Å². The summed E-state index contributed by atoms with van der Waals surface area (Å²) in [6, 6.07) is 5.79. The van der Waals surface area contributed by atoms with E-state index in [1.54, 1.807) is 6.82 Å². The number of ketones is 1. The third-order valence-corrected chi connectivity index (χ3v) is 6.02. The predicted octanol–water partition coefficient (Wildman–Crippen LogP) is 0.694. The number of carbonyl (C=O) groups excluding carboxylic acids is 1. The van der Waals surface area contributed by atoms with Gasteiger partial charge in [0.05, 0.1) is 4.90 Å². The number of piperazine rings is 1. The Morgan fingerprint density at radius 3 is 2.32 bits per heavy atom. The van der Waals surface area contributed by atoms with Crippen molar-refractivity contribution < 1.29 is 18.2 Å². The van der Waals surface area contributed by atoms with E-state index in [0.717, 1.165) is 0 Å². The average Bonchev–Trinajstić information content (AvgIpc) is 2.46. The molecule has 1 N–H and O–H groups in total. The molecular weight excluding hydrogens is 303 g/mol. The summed E-state index contributed by atoms with van der Waals surface area (Å²) in [5.41, 5.74) is 0.492. The standard InChI is InChI=1S/C14H21BN2O4S/c1-11-10-16(15(3)19)8-9-17(11)22(20,21)14-6-4-13(5-7-14)12(2)18/h4-7,11,19H,8-10H2,1-3H3/t11-/m1/s1. The Balaban J connectivity index is 2.22. The second-order valence-corrected chi connectivity index (χ2v) is 7.56. The highest BCUT2D eigenvalue weighted by atomic mass is 32.2. The van der Waals surface area contributed by atoms with Crippen LogP contribution in [0.5, 0.6) is 0 Å². The van der Waals surface area contributed by atoms with Crippen LogP contribution in [0.25, 0.3) is 0 Å². The van der Waals surface area contributed by atoms with E-state index in [1.807, 2.05) is 11.7 Å². The highest BCUT2D eigenvalue weighted by Crippen LogP contribution is 2.22. The molecule has 8 heteroatoms. The maximum Gasteiger partial charge on any atom is 0.376 e. The van der Waals surface area contributed by atoms with E-state index < -0.39 is 17.1 Å². The molecule has 6 nitrogen and oxygen atoms in total. The fourth-order valence-electron chi connectivity index (χ4n) is 2.66. The van der Waals surface area contributed by atoms with Gasteiger partial charge in [0.1, 0.15) is 0 Å². The van der Waals surface area contributed by atoms with Crippen LogP contribution in [0, 0.1) is 0 Å². The molecule has 1 atom stereocenters. The van der Waals surface area contributed by atoms with Crippen LogP contribution in [0.15, 0.2) is 29.2 Å². The van der Waals surface area contributed by atoms with Crippen molar-refractivity contribution in [1.29, 1.82) is 0 Å². The van der Waals surface area contributed by atoms with E-state index >= 15 is 0 Å². The van der Waals surface area contributed by atoms with Gasteiger partial charge in [0, 0.05) is 31.2 Å². The van der Waals surface area contributed by atoms with Gasteiger partial charge >= 0.3 is 7.05 Å². The molecule has 0 amide bonds. The number of hydrogen-bond donors (Lipinski definition) is 1. The van der Waals surface area contributed by atoms with Crippen molar-refractivity contribution in [3.8, 4) is 0 Å². The molecule has 0 saturated carbocycles. The van der Waals surface area contributed by atoms with Crippen molar-refractivity contribution in [3.05, 3.63) is 29.8 Å². The quantitative estimate of drug-likeness (QED) is 0.651. The first-order valence-corrected chi connectivity index (χ1v) is 8.72. The Hall–Kier alpha value is -1.22. The van der Waals surface area contributed by atoms with E-state index in [1.165, 1.54) is 35.5 Å². The van der Waals surface area contributed by atoms with Crippen molar-refractivity contribution in [2.45, 2.75) is 31.6 Å². The third kappa shape index (κ3) is 3.40. The number of hydrogen-bond acceptors (Lipinski definition) is 5. The summed E-state index contributed by atoms with van der Waals surface area (Å²) in [4.78, 5) is 13.3. The van der Waals surface area contributed by atoms with Gasteiger partial charge < -0.3 is 9.83 Å². The third-order valence-electron chi connectivity index (χ3n) is 3.99. The summed E-state index contributed by atoms with van der Waals surface area (Å²) >= 11 is 0. The highest BCUT2D eigenvalue weighted by molar-refractivity contribution is 7.89. The number of carbonyl (C=O) groups is 1. The van der Waals surface area contributed by atoms with Crippen molar-refractivity contribution in [3.63, 3.8) is 0 Å². The zero-order chi connectivity index (χ0) is 16.5. The van der Waals surface area contributed by atoms with Gasteiger partial charge in [0.2, 0.25) is 10.0 Å². The molecule has 1 aromatic carbocycles. The molecule has 1 fully saturated rings. The average molecular weight is 324 g/mol. The van der Waals surface area contributed by atoms with Gasteiger partial charge in [-0.2, -0.15) is 4.31 Å². The van der Waals surface area contributed by atoms with Crippen LogP contribution in [-0.4, -0.2) is 61.1 Å². The van der Waals surface area contributed by atoms with Gasteiger partial charge in [-0.25, -0.2) is 8.42 Å². The molecule has 0 aromatic heterocycles. The molecule has 120 valence electrons. The minimum absolute atomic E-state index is 0.0946. The van der Waals surface area contributed by atoms with Gasteiger partial charge in [-0.15, -0.1) is 0 Å². The lowest BCUT2D eigenvalue weighted by atomic mass is 9.84. The topological polar surface area (TPSA) is 77.9 Å². The molecule has 0 radical (unpaired) electrons. The fraction of sp³-hybridized carbons (Fsp3) is 0.500. The van der Waals surface area contributed by atoms with E-state index in [4.69, 9.17) is 0 Å². The van der Waals surface area contributed by atoms with Crippen LogP contribution in [0.2, 0.25) is 6.82 Å². The summed E-state index contributed by atoms with van der Waals surface area (Å²) in [5.74, 6) is -0.0946. The van der Waals surface area contributed by atoms with E-state index in [2.05, 4.69) is 0 Å². The molecule has 0 spiro atoms. The Kier molecular flexibility index (Phi) is 5.06. The molecule has 0 bridgehead atoms. The Bertz CT molecular complexity index is 645. The molecule has 22 heavy (non-hydrogen) atoms. The van der Waals surface area contributed by atoms with Gasteiger partial charge in [-0.1, -0.05) is 12.1 Å². The first-order chi connectivity index (χ1) is 10.2. The Morgan fingerprint density at radius 2 is 1.86 bits per heavy atom. The molecule has 1 aliphatic heterocycles. The fourth-order valence-corrected chi connectivity index (χ4v) is 4.28. The lowest BCUT2D eigenvalue weighted by molar-refractivity contribution is 0.101. The normalized spacial score (nSPS) is 20.8. The van der Waals surface area contributed by atoms with Gasteiger partial charge in [-0.3, -0.25) is 4.79 Å². The number of Topliss-reactive ketones (excluding diaryl/α,β-unsaturated/α-hetero) is 1. The Labute approximate surface area is 131 Å². The first-order valence-electron chi connectivity index (χ1n) is 7.28. The molecule has 1 aliphatic rings. The maximum atomic E-state index is 12.7. The van der Waals surface area contributed by atoms with Crippen molar-refractivity contribution in [1.82, 2.24) is 9.12 Å². The van der Waals surface area contributed by atoms with Crippen LogP contribution in [0.1, 0.15) is 24.2 Å². The molecule has 0 aliphatic carbocycles. The van der Waals surface area contributed by atoms with Crippen molar-refractivity contribution >= 4 is 22.9 Å². The molecule has 2 rings (SSSR count). The summed E-state index contributed by atoms with van der Waals surface area (Å²) in [6.07, 6.45) is 0. The minimum Gasteiger partial charge on any atom is -0.437 e. The van der Waals surface area contributed by atoms with E-state index in [-0.39, 0.29) is 16.7 Å². The maximum absolute atomic E-state index is 12.7. The Morgan fingerprint density at radius 1 is 1.27 bits per heavy atom. The van der Waals surface area contributed by atoms with Gasteiger partial charge in [-0.05, 0) is 32.8 Å². The van der Waals surface area contributed by atoms with Crippen molar-refractivity contribution in [2.75, 3.05) is 19.6 Å². The summed E-state index contributed by atoms with van der Waals surface area (Å²) in [7, 11) is -4.17. The second-order valence-electron chi connectivity index (χ2n) is 5.67. The van der Waals surface area contributed by atoms with Crippen LogP contribution >= 0.6 is 0 Å². The number of nitrogens with zero attached hydrogens (tertiary/aromatic N) is 2. The van der Waals surface area contributed by atoms with Gasteiger partial charge in [0.25, 0.3) is 0 Å². The summed E-state index contributed by atoms with van der Waals surface area (Å²) < 4.78 is 26.9. The summed E-state index contributed by atoms with van der Waals surface area (Å²) in [5, 5.41) is 9.61. The first kappa shape index (κ1) is 17.1. The number of rotatable bonds is 4. The van der Waals surface area contributed by atoms with E-state index in [9.17, 15) is 18.2 Å². The van der Waals surface area contributed by atoms with Crippen LogP contribution in [0.4, 0.5) is 0 Å².